The smallest absolute Gasteiger partial charge is 0.0628 e. The average molecular weight is 268 g/mol. The van der Waals surface area contributed by atoms with E-state index in [0.29, 0.717) is 11.3 Å². The number of hydrogen-bond acceptors (Lipinski definition) is 3. The van der Waals surface area contributed by atoms with Crippen molar-refractivity contribution < 1.29 is 5.11 Å². The first-order chi connectivity index (χ1) is 8.91. The number of aliphatic hydroxyl groups excluding tert-OH is 1. The molecule has 0 aromatic carbocycles. The molecule has 2 unspecified atom stereocenters. The molecular weight excluding hydrogens is 236 g/mol. The second-order valence-corrected chi connectivity index (χ2v) is 7.71. The third-order valence-corrected chi connectivity index (χ3v) is 5.17. The number of rotatable bonds is 6. The first kappa shape index (κ1) is 15.3. The van der Waals surface area contributed by atoms with Crippen molar-refractivity contribution in [2.24, 2.45) is 17.3 Å². The van der Waals surface area contributed by atoms with E-state index in [9.17, 15) is 5.11 Å². The van der Waals surface area contributed by atoms with Crippen LogP contribution in [-0.4, -0.2) is 48.3 Å². The van der Waals surface area contributed by atoms with Gasteiger partial charge < -0.3 is 15.3 Å². The summed E-state index contributed by atoms with van der Waals surface area (Å²) in [6, 6.07) is 0. The molecule has 112 valence electrons. The molecule has 3 heteroatoms. The van der Waals surface area contributed by atoms with Crippen LogP contribution in [-0.2, 0) is 0 Å². The lowest BCUT2D eigenvalue weighted by molar-refractivity contribution is 0.0967. The lowest BCUT2D eigenvalue weighted by atomic mass is 9.80. The Kier molecular flexibility index (Phi) is 4.59. The Morgan fingerprint density at radius 2 is 1.84 bits per heavy atom. The molecule has 2 atom stereocenters. The van der Waals surface area contributed by atoms with E-state index in [2.05, 4.69) is 37.9 Å². The number of aliphatic hydroxyl groups is 1. The summed E-state index contributed by atoms with van der Waals surface area (Å²) in [6.07, 6.45) is 3.87. The van der Waals surface area contributed by atoms with Gasteiger partial charge >= 0.3 is 0 Å². The van der Waals surface area contributed by atoms with E-state index in [1.165, 1.54) is 32.4 Å². The van der Waals surface area contributed by atoms with Crippen molar-refractivity contribution in [1.29, 1.82) is 0 Å². The predicted molar refractivity (Wildman–Crippen MR) is 80.2 cm³/mol. The van der Waals surface area contributed by atoms with Gasteiger partial charge in [-0.2, -0.15) is 0 Å². The molecule has 1 aliphatic carbocycles. The van der Waals surface area contributed by atoms with Crippen molar-refractivity contribution in [3.63, 3.8) is 0 Å². The van der Waals surface area contributed by atoms with Gasteiger partial charge in [0, 0.05) is 13.1 Å². The minimum Gasteiger partial charge on any atom is -0.394 e. The molecule has 0 aromatic rings. The summed E-state index contributed by atoms with van der Waals surface area (Å²) in [5, 5.41) is 13.5. The predicted octanol–water partition coefficient (Wildman–Crippen LogP) is 2.10. The standard InChI is InChI=1S/C16H32N2O/c1-5-17-16(12-19,13-6-7-13)11-18-9-8-14(10-18)15(2,3)4/h13-14,17,19H,5-12H2,1-4H3. The average Bonchev–Trinajstić information content (AvgIpc) is 3.08. The zero-order chi connectivity index (χ0) is 14.1. The summed E-state index contributed by atoms with van der Waals surface area (Å²) in [5.41, 5.74) is 0.371. The zero-order valence-electron chi connectivity index (χ0n) is 13.2. The number of nitrogens with one attached hydrogen (secondary N) is 1. The first-order valence-corrected chi connectivity index (χ1v) is 7.99. The molecule has 1 heterocycles. The van der Waals surface area contributed by atoms with Gasteiger partial charge in [-0.3, -0.25) is 0 Å². The second kappa shape index (κ2) is 5.71. The van der Waals surface area contributed by atoms with Crippen LogP contribution in [0.3, 0.4) is 0 Å². The number of likely N-dealkylation sites (N-methyl/N-ethyl adjacent to an activating group) is 1. The maximum Gasteiger partial charge on any atom is 0.0628 e. The van der Waals surface area contributed by atoms with Crippen LogP contribution in [0.1, 0.15) is 47.0 Å². The van der Waals surface area contributed by atoms with Crippen LogP contribution in [0.2, 0.25) is 0 Å². The molecule has 0 bridgehead atoms. The summed E-state index contributed by atoms with van der Waals surface area (Å²) >= 11 is 0. The lowest BCUT2D eigenvalue weighted by Gasteiger charge is -2.37. The summed E-state index contributed by atoms with van der Waals surface area (Å²) in [4.78, 5) is 2.58. The van der Waals surface area contributed by atoms with Crippen LogP contribution >= 0.6 is 0 Å². The minimum atomic E-state index is -0.0402. The van der Waals surface area contributed by atoms with Gasteiger partial charge in [0.25, 0.3) is 0 Å². The third kappa shape index (κ3) is 3.50. The van der Waals surface area contributed by atoms with Gasteiger partial charge in [0.2, 0.25) is 0 Å². The van der Waals surface area contributed by atoms with Gasteiger partial charge in [0.1, 0.15) is 0 Å². The molecule has 0 amide bonds. The maximum atomic E-state index is 9.91. The molecular formula is C16H32N2O. The van der Waals surface area contributed by atoms with Gasteiger partial charge in [-0.1, -0.05) is 27.7 Å². The van der Waals surface area contributed by atoms with E-state index in [0.717, 1.165) is 19.0 Å². The highest BCUT2D eigenvalue weighted by molar-refractivity contribution is 5.03. The second-order valence-electron chi connectivity index (χ2n) is 7.71. The van der Waals surface area contributed by atoms with Crippen molar-refractivity contribution in [1.82, 2.24) is 10.2 Å². The third-order valence-electron chi connectivity index (χ3n) is 5.17. The van der Waals surface area contributed by atoms with Crippen molar-refractivity contribution in [3.05, 3.63) is 0 Å². The highest BCUT2D eigenvalue weighted by Gasteiger charge is 2.46. The Morgan fingerprint density at radius 3 is 2.26 bits per heavy atom. The van der Waals surface area contributed by atoms with E-state index in [1.807, 2.05) is 0 Å². The van der Waals surface area contributed by atoms with Gasteiger partial charge in [-0.05, 0) is 49.6 Å². The Bertz CT molecular complexity index is 296. The van der Waals surface area contributed by atoms with Crippen LogP contribution in [0.4, 0.5) is 0 Å². The fourth-order valence-electron chi connectivity index (χ4n) is 3.63. The van der Waals surface area contributed by atoms with Gasteiger partial charge in [0.05, 0.1) is 12.1 Å². The molecule has 1 saturated carbocycles. The van der Waals surface area contributed by atoms with Crippen LogP contribution in [0.5, 0.6) is 0 Å². The molecule has 2 fully saturated rings. The molecule has 0 radical (unpaired) electrons. The first-order valence-electron chi connectivity index (χ1n) is 7.99. The molecule has 1 aliphatic heterocycles. The van der Waals surface area contributed by atoms with Crippen LogP contribution < -0.4 is 5.32 Å². The maximum absolute atomic E-state index is 9.91. The lowest BCUT2D eigenvalue weighted by Crippen LogP contribution is -2.57. The van der Waals surface area contributed by atoms with E-state index in [-0.39, 0.29) is 12.1 Å². The van der Waals surface area contributed by atoms with Crippen LogP contribution in [0, 0.1) is 17.3 Å². The Hall–Kier alpha value is -0.120. The SMILES string of the molecule is CCNC(CO)(CN1CCC(C(C)(C)C)C1)C1CC1. The Labute approximate surface area is 118 Å². The minimum absolute atomic E-state index is 0.0402. The molecule has 3 nitrogen and oxygen atoms in total. The number of nitrogens with zero attached hydrogens (tertiary/aromatic N) is 1. The number of hydrogen-bond donors (Lipinski definition) is 2. The Morgan fingerprint density at radius 1 is 1.16 bits per heavy atom. The summed E-state index contributed by atoms with van der Waals surface area (Å²) in [6.45, 7) is 13.9. The van der Waals surface area contributed by atoms with E-state index in [4.69, 9.17) is 0 Å². The van der Waals surface area contributed by atoms with E-state index < -0.39 is 0 Å². The highest BCUT2D eigenvalue weighted by atomic mass is 16.3. The fourth-order valence-corrected chi connectivity index (χ4v) is 3.63. The van der Waals surface area contributed by atoms with E-state index in [1.54, 1.807) is 0 Å². The van der Waals surface area contributed by atoms with Crippen LogP contribution in [0.25, 0.3) is 0 Å². The van der Waals surface area contributed by atoms with Crippen molar-refractivity contribution >= 4 is 0 Å². The highest BCUT2D eigenvalue weighted by Crippen LogP contribution is 2.41. The number of likely N-dealkylation sites (tertiary alicyclic amines) is 1. The summed E-state index contributed by atoms with van der Waals surface area (Å²) in [5.74, 6) is 1.48. The monoisotopic (exact) mass is 268 g/mol. The van der Waals surface area contributed by atoms with Crippen molar-refractivity contribution in [3.8, 4) is 0 Å². The molecule has 1 saturated heterocycles. The van der Waals surface area contributed by atoms with Crippen LogP contribution in [0.15, 0.2) is 0 Å². The molecule has 19 heavy (non-hydrogen) atoms. The van der Waals surface area contributed by atoms with Gasteiger partial charge in [0.15, 0.2) is 0 Å². The normalized spacial score (nSPS) is 28.6. The largest absolute Gasteiger partial charge is 0.394 e. The quantitative estimate of drug-likeness (QED) is 0.774. The van der Waals surface area contributed by atoms with Gasteiger partial charge in [-0.25, -0.2) is 0 Å². The fraction of sp³-hybridized carbons (Fsp3) is 1.00. The molecule has 2 N–H and O–H groups in total. The molecule has 0 aromatic heterocycles. The van der Waals surface area contributed by atoms with Crippen molar-refractivity contribution in [2.75, 3.05) is 32.8 Å². The van der Waals surface area contributed by atoms with Gasteiger partial charge in [-0.15, -0.1) is 0 Å². The Balaban J connectivity index is 1.95. The molecule has 0 spiro atoms. The van der Waals surface area contributed by atoms with E-state index >= 15 is 0 Å². The summed E-state index contributed by atoms with van der Waals surface area (Å²) < 4.78 is 0. The molecule has 2 aliphatic rings. The van der Waals surface area contributed by atoms with Crippen molar-refractivity contribution in [2.45, 2.75) is 52.5 Å². The zero-order valence-corrected chi connectivity index (χ0v) is 13.2. The summed E-state index contributed by atoms with van der Waals surface area (Å²) in [7, 11) is 0. The molecule has 2 rings (SSSR count). The topological polar surface area (TPSA) is 35.5 Å².